The molecule has 9 heteroatoms. The summed E-state index contributed by atoms with van der Waals surface area (Å²) in [5, 5.41) is 3.82. The van der Waals surface area contributed by atoms with Crippen LogP contribution in [0.3, 0.4) is 0 Å². The second kappa shape index (κ2) is 13.0. The lowest BCUT2D eigenvalue weighted by molar-refractivity contribution is 0.0760. The van der Waals surface area contributed by atoms with E-state index in [2.05, 4.69) is 10.2 Å². The molecule has 0 saturated carbocycles. The Morgan fingerprint density at radius 2 is 1.56 bits per heavy atom. The van der Waals surface area contributed by atoms with Crippen LogP contribution >= 0.6 is 23.2 Å². The lowest BCUT2D eigenvalue weighted by Crippen LogP contribution is -2.36. The molecule has 7 nitrogen and oxygen atoms in total. The van der Waals surface area contributed by atoms with Gasteiger partial charge in [0.15, 0.2) is 0 Å². The molecule has 0 unspecified atom stereocenters. The van der Waals surface area contributed by atoms with Gasteiger partial charge in [-0.15, -0.1) is 0 Å². The van der Waals surface area contributed by atoms with Crippen LogP contribution in [-0.2, 0) is 0 Å². The quantitative estimate of drug-likeness (QED) is 0.376. The van der Waals surface area contributed by atoms with Crippen LogP contribution in [0.15, 0.2) is 66.7 Å². The van der Waals surface area contributed by atoms with E-state index < -0.39 is 0 Å². The third-order valence-corrected chi connectivity index (χ3v) is 7.45. The molecule has 1 fully saturated rings. The first kappa shape index (κ1) is 28.5. The van der Waals surface area contributed by atoms with Gasteiger partial charge in [0.1, 0.15) is 0 Å². The summed E-state index contributed by atoms with van der Waals surface area (Å²) in [7, 11) is 0. The monoisotopic (exact) mass is 566 g/mol. The molecule has 39 heavy (non-hydrogen) atoms. The first-order valence-corrected chi connectivity index (χ1v) is 13.9. The third kappa shape index (κ3) is 6.72. The Morgan fingerprint density at radius 1 is 0.846 bits per heavy atom. The minimum absolute atomic E-state index is 0.0365. The summed E-state index contributed by atoms with van der Waals surface area (Å²) in [6.07, 6.45) is 0.753. The van der Waals surface area contributed by atoms with Gasteiger partial charge in [0.2, 0.25) is 0 Å². The molecule has 3 aromatic carbocycles. The van der Waals surface area contributed by atoms with E-state index in [1.807, 2.05) is 24.8 Å². The lowest BCUT2D eigenvalue weighted by atomic mass is 10.1. The summed E-state index contributed by atoms with van der Waals surface area (Å²) < 4.78 is 0. The van der Waals surface area contributed by atoms with Gasteiger partial charge in [0.05, 0.1) is 16.1 Å². The number of benzene rings is 3. The molecule has 0 spiro atoms. The standard InChI is InChI=1S/C30H32Cl2N4O3/c1-3-34(4-2)30(39)25-20-23(33-28(37)24-8-5-6-9-26(24)32)14-15-27(25)35-16-7-17-36(19-18-35)29(38)21-10-12-22(31)13-11-21/h5-6,8-15,20H,3-4,7,16-19H2,1-2H3,(H,33,37). The maximum Gasteiger partial charge on any atom is 0.257 e. The van der Waals surface area contributed by atoms with Crippen LogP contribution in [0, 0.1) is 0 Å². The van der Waals surface area contributed by atoms with Crippen molar-refractivity contribution in [3.63, 3.8) is 0 Å². The van der Waals surface area contributed by atoms with Crippen LogP contribution in [0.1, 0.15) is 51.3 Å². The molecule has 4 rings (SSSR count). The average Bonchev–Trinajstić information content (AvgIpc) is 3.20. The minimum atomic E-state index is -0.347. The lowest BCUT2D eigenvalue weighted by Gasteiger charge is -2.28. The highest BCUT2D eigenvalue weighted by atomic mass is 35.5. The van der Waals surface area contributed by atoms with Gasteiger partial charge in [0, 0.05) is 61.2 Å². The molecular formula is C30H32Cl2N4O3. The molecule has 3 amide bonds. The molecule has 1 saturated heterocycles. The van der Waals surface area contributed by atoms with E-state index in [0.29, 0.717) is 71.7 Å². The molecule has 1 N–H and O–H groups in total. The third-order valence-electron chi connectivity index (χ3n) is 6.87. The van der Waals surface area contributed by atoms with E-state index in [4.69, 9.17) is 23.2 Å². The van der Waals surface area contributed by atoms with Crippen LogP contribution in [0.25, 0.3) is 0 Å². The normalized spacial score (nSPS) is 13.5. The van der Waals surface area contributed by atoms with E-state index in [-0.39, 0.29) is 17.7 Å². The van der Waals surface area contributed by atoms with Gasteiger partial charge in [-0.3, -0.25) is 14.4 Å². The number of nitrogens with zero attached hydrogens (tertiary/aromatic N) is 3. The first-order valence-electron chi connectivity index (χ1n) is 13.1. The van der Waals surface area contributed by atoms with Gasteiger partial charge in [-0.1, -0.05) is 35.3 Å². The summed E-state index contributed by atoms with van der Waals surface area (Å²) >= 11 is 12.2. The molecule has 0 bridgehead atoms. The number of hydrogen-bond donors (Lipinski definition) is 1. The highest BCUT2D eigenvalue weighted by Crippen LogP contribution is 2.28. The second-order valence-corrected chi connectivity index (χ2v) is 10.1. The number of rotatable bonds is 7. The SMILES string of the molecule is CCN(CC)C(=O)c1cc(NC(=O)c2ccccc2Cl)ccc1N1CCCN(C(=O)c2ccc(Cl)cc2)CC1. The van der Waals surface area contributed by atoms with Gasteiger partial charge in [-0.05, 0) is 74.9 Å². The number of carbonyl (C=O) groups excluding carboxylic acids is 3. The minimum Gasteiger partial charge on any atom is -0.369 e. The highest BCUT2D eigenvalue weighted by Gasteiger charge is 2.25. The van der Waals surface area contributed by atoms with Crippen molar-refractivity contribution in [1.82, 2.24) is 9.80 Å². The molecule has 0 aliphatic carbocycles. The zero-order valence-electron chi connectivity index (χ0n) is 22.1. The molecule has 1 aliphatic heterocycles. The molecule has 0 aromatic heterocycles. The van der Waals surface area contributed by atoms with Crippen LogP contribution in [0.5, 0.6) is 0 Å². The molecule has 0 atom stereocenters. The number of nitrogens with one attached hydrogen (secondary N) is 1. The fraction of sp³-hybridized carbons (Fsp3) is 0.300. The predicted octanol–water partition coefficient (Wildman–Crippen LogP) is 6.08. The summed E-state index contributed by atoms with van der Waals surface area (Å²) in [6, 6.07) is 19.1. The van der Waals surface area contributed by atoms with Gasteiger partial charge < -0.3 is 20.0 Å². The highest BCUT2D eigenvalue weighted by molar-refractivity contribution is 6.34. The fourth-order valence-corrected chi connectivity index (χ4v) is 5.07. The summed E-state index contributed by atoms with van der Waals surface area (Å²) in [5.74, 6) is -0.492. The summed E-state index contributed by atoms with van der Waals surface area (Å²) in [6.45, 7) is 7.40. The van der Waals surface area contributed by atoms with Crippen LogP contribution in [-0.4, -0.2) is 66.8 Å². The number of halogens is 2. The van der Waals surface area contributed by atoms with E-state index in [1.54, 1.807) is 65.6 Å². The van der Waals surface area contributed by atoms with Crippen LogP contribution in [0.2, 0.25) is 10.0 Å². The van der Waals surface area contributed by atoms with Crippen molar-refractivity contribution in [3.05, 3.63) is 93.5 Å². The maximum atomic E-state index is 13.6. The van der Waals surface area contributed by atoms with Gasteiger partial charge in [-0.25, -0.2) is 0 Å². The first-order chi connectivity index (χ1) is 18.8. The van der Waals surface area contributed by atoms with E-state index in [0.717, 1.165) is 12.1 Å². The molecule has 1 aliphatic rings. The van der Waals surface area contributed by atoms with Gasteiger partial charge >= 0.3 is 0 Å². The molecule has 204 valence electrons. The van der Waals surface area contributed by atoms with E-state index in [9.17, 15) is 14.4 Å². The molecular weight excluding hydrogens is 535 g/mol. The Labute approximate surface area is 239 Å². The van der Waals surface area contributed by atoms with Gasteiger partial charge in [-0.2, -0.15) is 0 Å². The second-order valence-electron chi connectivity index (χ2n) is 9.28. The van der Waals surface area contributed by atoms with Crippen molar-refractivity contribution in [1.29, 1.82) is 0 Å². The fourth-order valence-electron chi connectivity index (χ4n) is 4.72. The molecule has 0 radical (unpaired) electrons. The Morgan fingerprint density at radius 3 is 2.26 bits per heavy atom. The zero-order chi connectivity index (χ0) is 27.9. The van der Waals surface area contributed by atoms with Gasteiger partial charge in [0.25, 0.3) is 17.7 Å². The van der Waals surface area contributed by atoms with E-state index in [1.165, 1.54) is 0 Å². The summed E-state index contributed by atoms with van der Waals surface area (Å²) in [4.78, 5) is 45.3. The van der Waals surface area contributed by atoms with E-state index >= 15 is 0 Å². The maximum absolute atomic E-state index is 13.6. The van der Waals surface area contributed by atoms with Crippen molar-refractivity contribution in [2.45, 2.75) is 20.3 Å². The Balaban J connectivity index is 1.58. The number of hydrogen-bond acceptors (Lipinski definition) is 4. The topological polar surface area (TPSA) is 73.0 Å². The molecule has 1 heterocycles. The van der Waals surface area contributed by atoms with Crippen molar-refractivity contribution in [2.75, 3.05) is 49.5 Å². The largest absolute Gasteiger partial charge is 0.369 e. The smallest absolute Gasteiger partial charge is 0.257 e. The van der Waals surface area contributed by atoms with Crippen molar-refractivity contribution in [2.24, 2.45) is 0 Å². The predicted molar refractivity (Wildman–Crippen MR) is 157 cm³/mol. The van der Waals surface area contributed by atoms with Crippen molar-refractivity contribution >= 4 is 52.3 Å². The van der Waals surface area contributed by atoms with Crippen molar-refractivity contribution < 1.29 is 14.4 Å². The van der Waals surface area contributed by atoms with Crippen LogP contribution < -0.4 is 10.2 Å². The Bertz CT molecular complexity index is 1340. The zero-order valence-corrected chi connectivity index (χ0v) is 23.6. The average molecular weight is 568 g/mol. The number of anilines is 2. The Kier molecular flexibility index (Phi) is 9.49. The van der Waals surface area contributed by atoms with Crippen LogP contribution in [0.4, 0.5) is 11.4 Å². The summed E-state index contributed by atoms with van der Waals surface area (Å²) in [5.41, 5.74) is 2.76. The molecule has 3 aromatic rings. The van der Waals surface area contributed by atoms with Crippen molar-refractivity contribution in [3.8, 4) is 0 Å². The number of carbonyl (C=O) groups is 3. The Hall–Kier alpha value is -3.55. The number of amides is 3.